The maximum atomic E-state index is 13.8. The molecule has 0 aliphatic heterocycles. The number of anilines is 1. The smallest absolute Gasteiger partial charge is 0.260 e. The Morgan fingerprint density at radius 3 is 2.87 bits per heavy atom. The molecule has 0 saturated heterocycles. The second-order valence-corrected chi connectivity index (χ2v) is 8.42. The second-order valence-electron chi connectivity index (χ2n) is 7.32. The maximum absolute atomic E-state index is 13.8. The van der Waals surface area contributed by atoms with E-state index in [-0.39, 0.29) is 5.56 Å². The van der Waals surface area contributed by atoms with Gasteiger partial charge in [0.25, 0.3) is 5.91 Å². The number of nitrogens with one attached hydrogen (secondary N) is 2. The number of ether oxygens (including phenoxy) is 1. The first-order chi connectivity index (χ1) is 14.6. The van der Waals surface area contributed by atoms with Crippen molar-refractivity contribution in [2.75, 3.05) is 12.4 Å². The lowest BCUT2D eigenvalue weighted by Gasteiger charge is -2.12. The number of methoxy groups -OCH3 is 1. The minimum absolute atomic E-state index is 0.166. The first kappa shape index (κ1) is 18.8. The Kier molecular flexibility index (Phi) is 4.75. The summed E-state index contributed by atoms with van der Waals surface area (Å²) in [5.41, 5.74) is 4.18. The fourth-order valence-electron chi connectivity index (χ4n) is 4.00. The zero-order chi connectivity index (χ0) is 20.7. The number of nitrogens with zero attached hydrogens (tertiary/aromatic N) is 1. The average molecular weight is 421 g/mol. The SMILES string of the molecule is COc1ccc(F)cc1C(=O)Nc1sc2c(c1-c1nc3ccccc3[nH]1)CCCC2. The second kappa shape index (κ2) is 7.57. The number of imidazole rings is 1. The fraction of sp³-hybridized carbons (Fsp3) is 0.217. The third-order valence-corrected chi connectivity index (χ3v) is 6.64. The number of aromatic nitrogens is 2. The number of aryl methyl sites for hydroxylation is 1. The molecule has 1 amide bonds. The Hall–Kier alpha value is -3.19. The van der Waals surface area contributed by atoms with Gasteiger partial charge in [0.1, 0.15) is 22.4 Å². The lowest BCUT2D eigenvalue weighted by molar-refractivity contribution is 0.102. The van der Waals surface area contributed by atoms with E-state index in [1.165, 1.54) is 35.7 Å². The van der Waals surface area contributed by atoms with E-state index in [4.69, 9.17) is 9.72 Å². The highest BCUT2D eigenvalue weighted by atomic mass is 32.1. The van der Waals surface area contributed by atoms with Crippen molar-refractivity contribution in [2.45, 2.75) is 25.7 Å². The van der Waals surface area contributed by atoms with Crippen molar-refractivity contribution < 1.29 is 13.9 Å². The molecule has 0 radical (unpaired) electrons. The molecule has 0 bridgehead atoms. The van der Waals surface area contributed by atoms with Crippen molar-refractivity contribution in [3.63, 3.8) is 0 Å². The summed E-state index contributed by atoms with van der Waals surface area (Å²) in [5, 5.41) is 3.74. The summed E-state index contributed by atoms with van der Waals surface area (Å²) in [4.78, 5) is 22.5. The Bertz CT molecular complexity index is 1230. The summed E-state index contributed by atoms with van der Waals surface area (Å²) in [5.74, 6) is 0.198. The van der Waals surface area contributed by atoms with Crippen LogP contribution >= 0.6 is 11.3 Å². The molecule has 4 aromatic rings. The van der Waals surface area contributed by atoms with Crippen LogP contribution in [-0.2, 0) is 12.8 Å². The molecule has 0 unspecified atom stereocenters. The van der Waals surface area contributed by atoms with Crippen molar-refractivity contribution in [2.24, 2.45) is 0 Å². The number of hydrogen-bond donors (Lipinski definition) is 2. The number of H-pyrrole nitrogens is 1. The van der Waals surface area contributed by atoms with Crippen LogP contribution in [0.15, 0.2) is 42.5 Å². The van der Waals surface area contributed by atoms with Gasteiger partial charge >= 0.3 is 0 Å². The molecule has 2 aromatic carbocycles. The highest BCUT2D eigenvalue weighted by molar-refractivity contribution is 7.17. The molecule has 0 fully saturated rings. The minimum atomic E-state index is -0.482. The molecule has 5 nitrogen and oxygen atoms in total. The van der Waals surface area contributed by atoms with Gasteiger partial charge < -0.3 is 15.0 Å². The topological polar surface area (TPSA) is 67.0 Å². The van der Waals surface area contributed by atoms with Crippen LogP contribution < -0.4 is 10.1 Å². The molecule has 2 heterocycles. The van der Waals surface area contributed by atoms with Gasteiger partial charge in [0.2, 0.25) is 0 Å². The van der Waals surface area contributed by atoms with Crippen molar-refractivity contribution in [3.05, 3.63) is 64.3 Å². The largest absolute Gasteiger partial charge is 0.496 e. The van der Waals surface area contributed by atoms with Gasteiger partial charge in [-0.1, -0.05) is 12.1 Å². The molecule has 1 aliphatic carbocycles. The Balaban J connectivity index is 1.59. The van der Waals surface area contributed by atoms with Gasteiger partial charge in [0, 0.05) is 4.88 Å². The number of halogens is 1. The number of para-hydroxylation sites is 2. The molecule has 5 rings (SSSR count). The molecule has 1 aliphatic rings. The highest BCUT2D eigenvalue weighted by Gasteiger charge is 2.26. The van der Waals surface area contributed by atoms with Gasteiger partial charge in [-0.3, -0.25) is 4.79 Å². The van der Waals surface area contributed by atoms with Crippen LogP contribution in [0.2, 0.25) is 0 Å². The summed E-state index contributed by atoms with van der Waals surface area (Å²) < 4.78 is 19.0. The monoisotopic (exact) mass is 421 g/mol. The summed E-state index contributed by atoms with van der Waals surface area (Å²) in [6, 6.07) is 11.8. The fourth-order valence-corrected chi connectivity index (χ4v) is 5.29. The van der Waals surface area contributed by atoms with Crippen LogP contribution in [-0.4, -0.2) is 23.0 Å². The highest BCUT2D eigenvalue weighted by Crippen LogP contribution is 2.44. The van der Waals surface area contributed by atoms with Crippen LogP contribution in [0.25, 0.3) is 22.4 Å². The summed E-state index contributed by atoms with van der Waals surface area (Å²) in [6.07, 6.45) is 4.20. The van der Waals surface area contributed by atoms with Gasteiger partial charge in [-0.25, -0.2) is 9.37 Å². The zero-order valence-electron chi connectivity index (χ0n) is 16.4. The molecule has 30 heavy (non-hydrogen) atoms. The predicted molar refractivity (Wildman–Crippen MR) is 117 cm³/mol. The third kappa shape index (κ3) is 3.25. The standard InChI is InChI=1S/C23H20FN3O2S/c1-29-18-11-10-13(24)12-15(18)22(28)27-23-20(14-6-2-5-9-19(14)30-23)21-25-16-7-3-4-8-17(16)26-21/h3-4,7-8,10-12H,2,5-6,9H2,1H3,(H,25,26)(H,27,28). The van der Waals surface area contributed by atoms with Gasteiger partial charge in [-0.05, 0) is 61.6 Å². The molecule has 7 heteroatoms. The zero-order valence-corrected chi connectivity index (χ0v) is 17.2. The molecular weight excluding hydrogens is 401 g/mol. The van der Waals surface area contributed by atoms with Crippen LogP contribution in [0.1, 0.15) is 33.6 Å². The number of thiophene rings is 1. The third-order valence-electron chi connectivity index (χ3n) is 5.43. The summed E-state index contributed by atoms with van der Waals surface area (Å²) in [7, 11) is 1.47. The van der Waals surface area contributed by atoms with Gasteiger partial charge in [0.15, 0.2) is 0 Å². The van der Waals surface area contributed by atoms with Gasteiger partial charge in [0.05, 0.1) is 29.3 Å². The number of rotatable bonds is 4. The average Bonchev–Trinajstić information content (AvgIpc) is 3.34. The molecule has 2 N–H and O–H groups in total. The number of benzene rings is 2. The Morgan fingerprint density at radius 2 is 2.03 bits per heavy atom. The van der Waals surface area contributed by atoms with E-state index >= 15 is 0 Å². The van der Waals surface area contributed by atoms with E-state index in [1.54, 1.807) is 11.3 Å². The van der Waals surface area contributed by atoms with Crippen molar-refractivity contribution in [3.8, 4) is 17.1 Å². The van der Waals surface area contributed by atoms with E-state index in [0.717, 1.165) is 53.1 Å². The molecular formula is C23H20FN3O2S. The normalized spacial score (nSPS) is 13.3. The van der Waals surface area contributed by atoms with E-state index in [1.807, 2.05) is 24.3 Å². The first-order valence-electron chi connectivity index (χ1n) is 9.88. The quantitative estimate of drug-likeness (QED) is 0.453. The van der Waals surface area contributed by atoms with E-state index < -0.39 is 11.7 Å². The van der Waals surface area contributed by atoms with Crippen LogP contribution in [0.4, 0.5) is 9.39 Å². The first-order valence-corrected chi connectivity index (χ1v) is 10.7. The molecule has 0 saturated carbocycles. The van der Waals surface area contributed by atoms with Crippen molar-refractivity contribution in [1.29, 1.82) is 0 Å². The van der Waals surface area contributed by atoms with E-state index in [9.17, 15) is 9.18 Å². The van der Waals surface area contributed by atoms with Gasteiger partial charge in [-0.2, -0.15) is 0 Å². The predicted octanol–water partition coefficient (Wildman–Crippen LogP) is 5.57. The van der Waals surface area contributed by atoms with Crippen LogP contribution in [0.5, 0.6) is 5.75 Å². The molecule has 0 atom stereocenters. The number of carbonyl (C=O) groups excluding carboxylic acids is 1. The van der Waals surface area contributed by atoms with Crippen LogP contribution in [0, 0.1) is 5.82 Å². The molecule has 152 valence electrons. The molecule has 2 aromatic heterocycles. The van der Waals surface area contributed by atoms with Crippen molar-refractivity contribution >= 4 is 33.3 Å². The van der Waals surface area contributed by atoms with E-state index in [2.05, 4.69) is 10.3 Å². The van der Waals surface area contributed by atoms with Crippen molar-refractivity contribution in [1.82, 2.24) is 9.97 Å². The van der Waals surface area contributed by atoms with Gasteiger partial charge in [-0.15, -0.1) is 11.3 Å². The number of aromatic amines is 1. The maximum Gasteiger partial charge on any atom is 0.260 e. The number of fused-ring (bicyclic) bond motifs is 2. The lowest BCUT2D eigenvalue weighted by atomic mass is 9.95. The number of carbonyl (C=O) groups is 1. The molecule has 0 spiro atoms. The Labute approximate surface area is 176 Å². The number of hydrogen-bond acceptors (Lipinski definition) is 4. The lowest BCUT2D eigenvalue weighted by Crippen LogP contribution is -2.13. The summed E-state index contributed by atoms with van der Waals surface area (Å²) >= 11 is 1.58. The Morgan fingerprint density at radius 1 is 1.20 bits per heavy atom. The summed E-state index contributed by atoms with van der Waals surface area (Å²) in [6.45, 7) is 0. The number of amides is 1. The van der Waals surface area contributed by atoms with E-state index in [0.29, 0.717) is 5.75 Å². The minimum Gasteiger partial charge on any atom is -0.496 e. The van der Waals surface area contributed by atoms with Crippen LogP contribution in [0.3, 0.4) is 0 Å².